The number of thiocarbonyl (C=S) groups is 1. The first-order chi connectivity index (χ1) is 18.8. The molecule has 2 aromatic heterocycles. The molecule has 9 heteroatoms. The number of methoxy groups -OCH3 is 1. The first kappa shape index (κ1) is 26.7. The molecule has 39 heavy (non-hydrogen) atoms. The normalized spacial score (nSPS) is 16.7. The maximum absolute atomic E-state index is 12.1. The second-order valence-corrected chi connectivity index (χ2v) is 10.2. The number of amides is 1. The second kappa shape index (κ2) is 11.1. The van der Waals surface area contributed by atoms with E-state index in [-0.39, 0.29) is 18.0 Å². The summed E-state index contributed by atoms with van der Waals surface area (Å²) in [6, 6.07) is 21.2. The average Bonchev–Trinajstić information content (AvgIpc) is 3.44. The summed E-state index contributed by atoms with van der Waals surface area (Å²) in [5, 5.41) is 7.67. The molecule has 7 nitrogen and oxygen atoms in total. The highest BCUT2D eigenvalue weighted by molar-refractivity contribution is 7.80. The molecule has 0 radical (unpaired) electrons. The zero-order valence-corrected chi connectivity index (χ0v) is 23.8. The fourth-order valence-corrected chi connectivity index (χ4v) is 5.78. The Morgan fingerprint density at radius 2 is 1.90 bits per heavy atom. The molecule has 1 saturated heterocycles. The van der Waals surface area contributed by atoms with Crippen LogP contribution in [0.25, 0.3) is 5.69 Å². The minimum absolute atomic E-state index is 0.0838. The van der Waals surface area contributed by atoms with Gasteiger partial charge < -0.3 is 24.8 Å². The quantitative estimate of drug-likeness (QED) is 0.246. The van der Waals surface area contributed by atoms with Gasteiger partial charge in [-0.05, 0) is 74.1 Å². The van der Waals surface area contributed by atoms with E-state index in [1.54, 1.807) is 13.3 Å². The summed E-state index contributed by atoms with van der Waals surface area (Å²) in [5.41, 5.74) is 6.47. The lowest BCUT2D eigenvalue weighted by molar-refractivity contribution is -0.115. The van der Waals surface area contributed by atoms with Gasteiger partial charge in [0.1, 0.15) is 5.75 Å². The number of pyridine rings is 1. The summed E-state index contributed by atoms with van der Waals surface area (Å²) in [4.78, 5) is 18.8. The van der Waals surface area contributed by atoms with Gasteiger partial charge in [0.25, 0.3) is 0 Å². The number of para-hydroxylation sites is 1. The topological polar surface area (TPSA) is 71.4 Å². The van der Waals surface area contributed by atoms with E-state index >= 15 is 0 Å². The Kier molecular flexibility index (Phi) is 7.59. The Bertz CT molecular complexity index is 1540. The molecule has 0 unspecified atom stereocenters. The largest absolute Gasteiger partial charge is 0.494 e. The monoisotopic (exact) mass is 559 g/mol. The van der Waals surface area contributed by atoms with Crippen LogP contribution in [-0.4, -0.2) is 27.7 Å². The highest BCUT2D eigenvalue weighted by Crippen LogP contribution is 2.45. The van der Waals surface area contributed by atoms with E-state index in [1.165, 1.54) is 0 Å². The van der Waals surface area contributed by atoms with E-state index in [1.807, 2.05) is 67.6 Å². The van der Waals surface area contributed by atoms with Crippen LogP contribution >= 0.6 is 23.8 Å². The van der Waals surface area contributed by atoms with Gasteiger partial charge in [-0.25, -0.2) is 0 Å². The number of benzene rings is 2. The van der Waals surface area contributed by atoms with Crippen LogP contribution in [0.4, 0.5) is 11.4 Å². The molecule has 2 aromatic carbocycles. The van der Waals surface area contributed by atoms with E-state index in [0.29, 0.717) is 28.0 Å². The van der Waals surface area contributed by atoms with Gasteiger partial charge in [0.15, 0.2) is 5.11 Å². The summed E-state index contributed by atoms with van der Waals surface area (Å²) in [5.74, 6) is 0.471. The summed E-state index contributed by atoms with van der Waals surface area (Å²) in [6.45, 7) is 5.99. The van der Waals surface area contributed by atoms with E-state index in [9.17, 15) is 4.79 Å². The molecule has 0 spiro atoms. The Morgan fingerprint density at radius 1 is 1.13 bits per heavy atom. The van der Waals surface area contributed by atoms with Crippen LogP contribution < -0.4 is 20.3 Å². The predicted octanol–water partition coefficient (Wildman–Crippen LogP) is 6.68. The van der Waals surface area contributed by atoms with Crippen LogP contribution in [0.5, 0.6) is 5.75 Å². The lowest BCUT2D eigenvalue weighted by Gasteiger charge is -2.29. The molecular weight excluding hydrogens is 530 g/mol. The van der Waals surface area contributed by atoms with Crippen molar-refractivity contribution in [3.63, 3.8) is 0 Å². The van der Waals surface area contributed by atoms with Crippen molar-refractivity contribution in [3.8, 4) is 11.4 Å². The predicted molar refractivity (Wildman–Crippen MR) is 160 cm³/mol. The Balaban J connectivity index is 1.66. The molecule has 2 atom stereocenters. The van der Waals surface area contributed by atoms with Gasteiger partial charge in [-0.15, -0.1) is 0 Å². The SMILES string of the molecule is CCC(=O)Nc1ccc(N2C(=S)N[C@H](c3ccccn3)[C@@H]2c2cc(C)n(-c3ccccc3Cl)c2C)cc1OC. The number of nitrogens with zero attached hydrogens (tertiary/aromatic N) is 3. The van der Waals surface area contributed by atoms with Crippen LogP contribution in [0.15, 0.2) is 72.9 Å². The summed E-state index contributed by atoms with van der Waals surface area (Å²) in [7, 11) is 1.59. The van der Waals surface area contributed by atoms with Gasteiger partial charge in [0, 0.05) is 35.8 Å². The number of hydrogen-bond donors (Lipinski definition) is 2. The third-order valence-corrected chi connectivity index (χ3v) is 7.67. The van der Waals surface area contributed by atoms with E-state index < -0.39 is 0 Å². The number of nitrogens with one attached hydrogen (secondary N) is 2. The van der Waals surface area contributed by atoms with Crippen LogP contribution in [0.1, 0.15) is 48.1 Å². The standard InChI is InChI=1S/C30H30ClN5O2S/c1-5-27(37)33-23-14-13-20(17-26(23)38-4)36-29(28(34-30(36)39)24-11-8-9-15-32-24)21-16-18(2)35(19(21)3)25-12-7-6-10-22(25)31/h6-17,28-29H,5H2,1-4H3,(H,33,37)(H,34,39)/t28-,29+/m1/s1. The van der Waals surface area contributed by atoms with Crippen molar-refractivity contribution < 1.29 is 9.53 Å². The first-order valence-corrected chi connectivity index (χ1v) is 13.5. The maximum atomic E-state index is 12.1. The molecular formula is C30H30ClN5O2S. The molecule has 1 amide bonds. The molecule has 2 N–H and O–H groups in total. The van der Waals surface area contributed by atoms with Gasteiger partial charge in [-0.2, -0.15) is 0 Å². The number of hydrogen-bond acceptors (Lipinski definition) is 4. The Morgan fingerprint density at radius 3 is 2.59 bits per heavy atom. The minimum atomic E-state index is -0.212. The number of aryl methyl sites for hydroxylation is 1. The molecule has 1 aliphatic heterocycles. The van der Waals surface area contributed by atoms with Crippen LogP contribution in [0.3, 0.4) is 0 Å². The Labute approximate surface area is 238 Å². The van der Waals surface area contributed by atoms with E-state index in [4.69, 9.17) is 28.6 Å². The summed E-state index contributed by atoms with van der Waals surface area (Å²) in [6.07, 6.45) is 2.17. The molecule has 4 aromatic rings. The van der Waals surface area contributed by atoms with Gasteiger partial charge >= 0.3 is 0 Å². The summed E-state index contributed by atoms with van der Waals surface area (Å²) < 4.78 is 7.84. The number of anilines is 2. The zero-order valence-electron chi connectivity index (χ0n) is 22.2. The summed E-state index contributed by atoms with van der Waals surface area (Å²) >= 11 is 12.5. The van der Waals surface area contributed by atoms with Crippen molar-refractivity contribution in [2.24, 2.45) is 0 Å². The highest BCUT2D eigenvalue weighted by atomic mass is 35.5. The average molecular weight is 560 g/mol. The molecule has 1 aliphatic rings. The smallest absolute Gasteiger partial charge is 0.224 e. The number of aromatic nitrogens is 2. The molecule has 5 rings (SSSR count). The third kappa shape index (κ3) is 4.97. The lowest BCUT2D eigenvalue weighted by Crippen LogP contribution is -2.29. The third-order valence-electron chi connectivity index (χ3n) is 7.04. The molecule has 3 heterocycles. The van der Waals surface area contributed by atoms with E-state index in [2.05, 4.69) is 45.0 Å². The molecule has 0 bridgehead atoms. The number of carbonyl (C=O) groups excluding carboxylic acids is 1. The number of ether oxygens (including phenoxy) is 1. The van der Waals surface area contributed by atoms with Gasteiger partial charge in [0.2, 0.25) is 5.91 Å². The van der Waals surface area contributed by atoms with E-state index in [0.717, 1.165) is 34.0 Å². The lowest BCUT2D eigenvalue weighted by atomic mass is 9.96. The molecule has 1 fully saturated rings. The van der Waals surface area contributed by atoms with Crippen LogP contribution in [0.2, 0.25) is 5.02 Å². The van der Waals surface area contributed by atoms with Crippen molar-refractivity contribution in [2.45, 2.75) is 39.3 Å². The molecule has 0 aliphatic carbocycles. The zero-order chi connectivity index (χ0) is 27.7. The second-order valence-electron chi connectivity index (χ2n) is 9.40. The Hall–Kier alpha value is -3.88. The first-order valence-electron chi connectivity index (χ1n) is 12.8. The van der Waals surface area contributed by atoms with Crippen LogP contribution in [0, 0.1) is 13.8 Å². The number of halogens is 1. The maximum Gasteiger partial charge on any atom is 0.224 e. The van der Waals surface area contributed by atoms with Crippen molar-refractivity contribution >= 4 is 46.2 Å². The van der Waals surface area contributed by atoms with Gasteiger partial charge in [0.05, 0.1) is 41.3 Å². The fraction of sp³-hybridized carbons (Fsp3) is 0.233. The fourth-order valence-electron chi connectivity index (χ4n) is 5.21. The van der Waals surface area contributed by atoms with Crippen molar-refractivity contribution in [3.05, 3.63) is 101 Å². The van der Waals surface area contributed by atoms with Crippen LogP contribution in [-0.2, 0) is 4.79 Å². The van der Waals surface area contributed by atoms with Crippen molar-refractivity contribution in [1.82, 2.24) is 14.9 Å². The van der Waals surface area contributed by atoms with Gasteiger partial charge in [-0.3, -0.25) is 9.78 Å². The highest BCUT2D eigenvalue weighted by Gasteiger charge is 2.42. The van der Waals surface area contributed by atoms with Gasteiger partial charge in [-0.1, -0.05) is 36.7 Å². The van der Waals surface area contributed by atoms with Crippen molar-refractivity contribution in [2.75, 3.05) is 17.3 Å². The molecule has 0 saturated carbocycles. The molecule has 200 valence electrons. The van der Waals surface area contributed by atoms with Crippen molar-refractivity contribution in [1.29, 1.82) is 0 Å². The minimum Gasteiger partial charge on any atom is -0.494 e. The number of rotatable bonds is 7. The number of carbonyl (C=O) groups is 1.